The summed E-state index contributed by atoms with van der Waals surface area (Å²) in [5, 5.41) is 3.05. The lowest BCUT2D eigenvalue weighted by molar-refractivity contribution is 0.395. The third-order valence-corrected chi connectivity index (χ3v) is 1.93. The minimum Gasteiger partial charge on any atom is -0.480 e. The molecule has 2 aromatic rings. The van der Waals surface area contributed by atoms with E-state index >= 15 is 0 Å². The van der Waals surface area contributed by atoms with E-state index in [1.807, 2.05) is 23.8 Å². The van der Waals surface area contributed by atoms with E-state index in [1.54, 1.807) is 13.3 Å². The molecule has 5 nitrogen and oxygen atoms in total. The van der Waals surface area contributed by atoms with Crippen molar-refractivity contribution >= 4 is 5.65 Å². The molecular formula is C9H12N4O. The maximum Gasteiger partial charge on any atom is 0.230 e. The molecule has 2 rings (SSSR count). The van der Waals surface area contributed by atoms with Crippen molar-refractivity contribution in [2.24, 2.45) is 0 Å². The topological polar surface area (TPSA) is 51.5 Å². The number of nitrogens with one attached hydrogen (secondary N) is 1. The largest absolute Gasteiger partial charge is 0.480 e. The minimum atomic E-state index is 0.589. The fourth-order valence-corrected chi connectivity index (χ4v) is 1.30. The predicted octanol–water partition coefficient (Wildman–Crippen LogP) is 0.457. The number of methoxy groups -OCH3 is 1. The lowest BCUT2D eigenvalue weighted by atomic mass is 10.5. The molecule has 0 aliphatic carbocycles. The first-order valence-electron chi connectivity index (χ1n) is 4.35. The Labute approximate surface area is 81.7 Å². The highest BCUT2D eigenvalue weighted by Crippen LogP contribution is 2.09. The highest BCUT2D eigenvalue weighted by atomic mass is 16.5. The summed E-state index contributed by atoms with van der Waals surface area (Å²) >= 11 is 0. The first-order chi connectivity index (χ1) is 6.83. The van der Waals surface area contributed by atoms with E-state index in [-0.39, 0.29) is 0 Å². The van der Waals surface area contributed by atoms with Crippen LogP contribution >= 0.6 is 0 Å². The predicted molar refractivity (Wildman–Crippen MR) is 52.3 cm³/mol. The Kier molecular flexibility index (Phi) is 2.32. The van der Waals surface area contributed by atoms with Gasteiger partial charge in [-0.1, -0.05) is 0 Å². The van der Waals surface area contributed by atoms with E-state index in [0.717, 1.165) is 17.9 Å². The number of aromatic nitrogens is 3. The number of hydrogen-bond acceptors (Lipinski definition) is 4. The Balaban J connectivity index is 2.43. The molecule has 0 aliphatic rings. The average Bonchev–Trinajstić information content (AvgIpc) is 2.59. The average molecular weight is 192 g/mol. The Bertz CT molecular complexity index is 437. The second kappa shape index (κ2) is 3.63. The molecule has 0 aromatic carbocycles. The molecule has 5 heteroatoms. The van der Waals surface area contributed by atoms with Crippen LogP contribution in [0.5, 0.6) is 5.88 Å². The second-order valence-corrected chi connectivity index (χ2v) is 2.96. The lowest BCUT2D eigenvalue weighted by Crippen LogP contribution is -2.04. The molecule has 0 bridgehead atoms. The van der Waals surface area contributed by atoms with Crippen LogP contribution in [0, 0.1) is 0 Å². The molecule has 0 radical (unpaired) electrons. The molecule has 0 unspecified atom stereocenters. The van der Waals surface area contributed by atoms with Gasteiger partial charge < -0.3 is 14.5 Å². The summed E-state index contributed by atoms with van der Waals surface area (Å²) in [5.74, 6) is 0.589. The van der Waals surface area contributed by atoms with Crippen molar-refractivity contribution in [2.75, 3.05) is 14.2 Å². The highest BCUT2D eigenvalue weighted by Gasteiger charge is 2.01. The molecule has 14 heavy (non-hydrogen) atoms. The summed E-state index contributed by atoms with van der Waals surface area (Å²) in [6.07, 6.45) is 5.45. The number of imidazole rings is 1. The Morgan fingerprint density at radius 2 is 2.36 bits per heavy atom. The summed E-state index contributed by atoms with van der Waals surface area (Å²) in [6, 6.07) is 0. The molecule has 2 heterocycles. The first-order valence-corrected chi connectivity index (χ1v) is 4.35. The van der Waals surface area contributed by atoms with Gasteiger partial charge in [-0.05, 0) is 7.05 Å². The quantitative estimate of drug-likeness (QED) is 0.767. The Hall–Kier alpha value is -1.62. The zero-order valence-electron chi connectivity index (χ0n) is 8.19. The number of nitrogens with zero attached hydrogens (tertiary/aromatic N) is 3. The van der Waals surface area contributed by atoms with Crippen molar-refractivity contribution in [3.8, 4) is 5.88 Å². The maximum atomic E-state index is 5.02. The van der Waals surface area contributed by atoms with Gasteiger partial charge in [-0.15, -0.1) is 0 Å². The van der Waals surface area contributed by atoms with Crippen LogP contribution in [0.15, 0.2) is 18.6 Å². The Morgan fingerprint density at radius 3 is 3.07 bits per heavy atom. The smallest absolute Gasteiger partial charge is 0.230 e. The Morgan fingerprint density at radius 1 is 1.50 bits per heavy atom. The van der Waals surface area contributed by atoms with Crippen molar-refractivity contribution in [3.05, 3.63) is 24.3 Å². The van der Waals surface area contributed by atoms with E-state index in [2.05, 4.69) is 15.3 Å². The molecule has 0 saturated carbocycles. The van der Waals surface area contributed by atoms with Gasteiger partial charge >= 0.3 is 0 Å². The molecule has 0 amide bonds. The van der Waals surface area contributed by atoms with Gasteiger partial charge in [0.2, 0.25) is 5.88 Å². The summed E-state index contributed by atoms with van der Waals surface area (Å²) < 4.78 is 6.92. The third kappa shape index (κ3) is 1.54. The van der Waals surface area contributed by atoms with E-state index in [0.29, 0.717) is 5.88 Å². The fourth-order valence-electron chi connectivity index (χ4n) is 1.30. The zero-order chi connectivity index (χ0) is 9.97. The first kappa shape index (κ1) is 8.96. The van der Waals surface area contributed by atoms with Crippen LogP contribution in [0.4, 0.5) is 0 Å². The molecule has 74 valence electrons. The zero-order valence-corrected chi connectivity index (χ0v) is 8.19. The van der Waals surface area contributed by atoms with Gasteiger partial charge in [0.15, 0.2) is 5.65 Å². The van der Waals surface area contributed by atoms with Gasteiger partial charge in [0.05, 0.1) is 25.2 Å². The summed E-state index contributed by atoms with van der Waals surface area (Å²) in [4.78, 5) is 8.43. The monoisotopic (exact) mass is 192 g/mol. The van der Waals surface area contributed by atoms with E-state index < -0.39 is 0 Å². The van der Waals surface area contributed by atoms with Gasteiger partial charge in [-0.2, -0.15) is 0 Å². The van der Waals surface area contributed by atoms with Crippen LogP contribution in [0.1, 0.15) is 5.69 Å². The third-order valence-electron chi connectivity index (χ3n) is 1.93. The van der Waals surface area contributed by atoms with Crippen LogP contribution in [0.3, 0.4) is 0 Å². The summed E-state index contributed by atoms with van der Waals surface area (Å²) in [7, 11) is 3.49. The molecule has 0 aliphatic heterocycles. The number of fused-ring (bicyclic) bond motifs is 1. The van der Waals surface area contributed by atoms with Crippen molar-refractivity contribution in [1.82, 2.24) is 19.7 Å². The second-order valence-electron chi connectivity index (χ2n) is 2.96. The van der Waals surface area contributed by atoms with E-state index in [4.69, 9.17) is 4.74 Å². The van der Waals surface area contributed by atoms with E-state index in [9.17, 15) is 0 Å². The van der Waals surface area contributed by atoms with Gasteiger partial charge in [-0.25, -0.2) is 9.97 Å². The maximum absolute atomic E-state index is 5.02. The van der Waals surface area contributed by atoms with Crippen molar-refractivity contribution in [1.29, 1.82) is 0 Å². The molecule has 1 N–H and O–H groups in total. The molecule has 0 spiro atoms. The van der Waals surface area contributed by atoms with Crippen LogP contribution in [0.2, 0.25) is 0 Å². The molecular weight excluding hydrogens is 180 g/mol. The van der Waals surface area contributed by atoms with Gasteiger partial charge in [-0.3, -0.25) is 0 Å². The molecule has 0 fully saturated rings. The van der Waals surface area contributed by atoms with Crippen molar-refractivity contribution < 1.29 is 4.74 Å². The van der Waals surface area contributed by atoms with Crippen LogP contribution < -0.4 is 10.1 Å². The molecule has 0 atom stereocenters. The number of hydrogen-bond donors (Lipinski definition) is 1. The van der Waals surface area contributed by atoms with Gasteiger partial charge in [0.1, 0.15) is 0 Å². The summed E-state index contributed by atoms with van der Waals surface area (Å²) in [5.41, 5.74) is 1.82. The van der Waals surface area contributed by atoms with Crippen LogP contribution in [-0.4, -0.2) is 28.5 Å². The minimum absolute atomic E-state index is 0.589. The fraction of sp³-hybridized carbons (Fsp3) is 0.333. The van der Waals surface area contributed by atoms with E-state index in [1.165, 1.54) is 0 Å². The van der Waals surface area contributed by atoms with Crippen LogP contribution in [-0.2, 0) is 6.54 Å². The highest BCUT2D eigenvalue weighted by molar-refractivity contribution is 5.38. The number of ether oxygens (including phenoxy) is 1. The SMILES string of the molecule is CNCc1cn2cc(OC)ncc2n1. The molecule has 0 saturated heterocycles. The normalized spacial score (nSPS) is 10.7. The van der Waals surface area contributed by atoms with Crippen molar-refractivity contribution in [3.63, 3.8) is 0 Å². The van der Waals surface area contributed by atoms with Gasteiger partial charge in [0.25, 0.3) is 0 Å². The molecule has 2 aromatic heterocycles. The number of rotatable bonds is 3. The van der Waals surface area contributed by atoms with Gasteiger partial charge in [0, 0.05) is 12.7 Å². The standard InChI is InChI=1S/C9H12N4O/c1-10-3-7-5-13-6-9(14-2)11-4-8(13)12-7/h4-6,10H,3H2,1-2H3. The summed E-state index contributed by atoms with van der Waals surface area (Å²) in [6.45, 7) is 0.754. The van der Waals surface area contributed by atoms with Crippen molar-refractivity contribution in [2.45, 2.75) is 6.54 Å². The van der Waals surface area contributed by atoms with Crippen LogP contribution in [0.25, 0.3) is 5.65 Å². The lowest BCUT2D eigenvalue weighted by Gasteiger charge is -1.97.